The molecule has 0 aliphatic rings. The van der Waals surface area contributed by atoms with Gasteiger partial charge in [-0.1, -0.05) is 12.1 Å². The van der Waals surface area contributed by atoms with Crippen LogP contribution in [0.15, 0.2) is 18.2 Å². The van der Waals surface area contributed by atoms with Crippen LogP contribution in [0.3, 0.4) is 0 Å². The molecule has 0 unspecified atom stereocenters. The predicted octanol–water partition coefficient (Wildman–Crippen LogP) is 3.26. The van der Waals surface area contributed by atoms with Gasteiger partial charge in [0.2, 0.25) is 3.83 Å². The first-order chi connectivity index (χ1) is 6.66. The highest BCUT2D eigenvalue weighted by atomic mass is 127. The molecule has 0 aliphatic carbocycles. The Morgan fingerprint density at radius 1 is 1.43 bits per heavy atom. The molecule has 1 aromatic heterocycles. The summed E-state index contributed by atoms with van der Waals surface area (Å²) in [5.74, 6) is -0.201. The van der Waals surface area contributed by atoms with Gasteiger partial charge in [-0.3, -0.25) is 0 Å². The zero-order valence-electron chi connectivity index (χ0n) is 7.29. The Morgan fingerprint density at radius 2 is 2.21 bits per heavy atom. The molecule has 72 valence electrons. The van der Waals surface area contributed by atoms with Crippen LogP contribution in [0.5, 0.6) is 0 Å². The number of benzene rings is 1. The monoisotopic (exact) mass is 320 g/mol. The van der Waals surface area contributed by atoms with Crippen molar-refractivity contribution in [2.75, 3.05) is 0 Å². The van der Waals surface area contributed by atoms with E-state index in [4.69, 9.17) is 0 Å². The Labute approximate surface area is 98.5 Å². The zero-order valence-corrected chi connectivity index (χ0v) is 10.3. The normalized spacial score (nSPS) is 10.5. The van der Waals surface area contributed by atoms with E-state index < -0.39 is 0 Å². The Morgan fingerprint density at radius 3 is 2.79 bits per heavy atom. The summed E-state index contributed by atoms with van der Waals surface area (Å²) in [5, 5.41) is 0.758. The lowest BCUT2D eigenvalue weighted by Crippen LogP contribution is -1.83. The summed E-state index contributed by atoms with van der Waals surface area (Å²) in [7, 11) is 0. The van der Waals surface area contributed by atoms with Crippen LogP contribution in [-0.2, 0) is 0 Å². The third-order valence-electron chi connectivity index (χ3n) is 1.82. The van der Waals surface area contributed by atoms with Crippen molar-refractivity contribution in [2.45, 2.75) is 6.92 Å². The second-order valence-corrected chi connectivity index (χ2v) is 4.55. The fraction of sp³-hybridized carbons (Fsp3) is 0.111. The second kappa shape index (κ2) is 3.90. The quantitative estimate of drug-likeness (QED) is 0.754. The molecule has 0 saturated carbocycles. The first kappa shape index (κ1) is 9.97. The minimum absolute atomic E-state index is 0.201. The van der Waals surface area contributed by atoms with Gasteiger partial charge >= 0.3 is 0 Å². The fourth-order valence-electron chi connectivity index (χ4n) is 1.05. The van der Waals surface area contributed by atoms with Gasteiger partial charge in [0, 0.05) is 28.2 Å². The van der Waals surface area contributed by atoms with Crippen LogP contribution < -0.4 is 0 Å². The van der Waals surface area contributed by atoms with Crippen molar-refractivity contribution in [1.29, 1.82) is 0 Å². The van der Waals surface area contributed by atoms with Crippen molar-refractivity contribution in [3.63, 3.8) is 0 Å². The lowest BCUT2D eigenvalue weighted by molar-refractivity contribution is 0.619. The second-order valence-electron chi connectivity index (χ2n) is 2.83. The molecule has 2 nitrogen and oxygen atoms in total. The first-order valence-corrected chi connectivity index (χ1v) is 5.78. The van der Waals surface area contributed by atoms with Crippen LogP contribution in [-0.4, -0.2) is 9.36 Å². The molecule has 0 aliphatic heterocycles. The standard InChI is InChI=1S/C9H6FIN2S/c1-5-2-3-6(4-7(5)10)8-12-9(11)13-14-8/h2-4H,1H3. The molecule has 0 saturated heterocycles. The van der Waals surface area contributed by atoms with E-state index in [1.165, 1.54) is 17.6 Å². The van der Waals surface area contributed by atoms with E-state index in [-0.39, 0.29) is 5.82 Å². The van der Waals surface area contributed by atoms with Crippen LogP contribution in [0, 0.1) is 16.6 Å². The number of hydrogen-bond acceptors (Lipinski definition) is 3. The summed E-state index contributed by atoms with van der Waals surface area (Å²) < 4.78 is 18.0. The molecular weight excluding hydrogens is 314 g/mol. The fourth-order valence-corrected chi connectivity index (χ4v) is 2.31. The minimum atomic E-state index is -0.201. The number of rotatable bonds is 1. The molecule has 0 atom stereocenters. The molecule has 14 heavy (non-hydrogen) atoms. The van der Waals surface area contributed by atoms with E-state index in [2.05, 4.69) is 9.36 Å². The van der Waals surface area contributed by atoms with Crippen LogP contribution in [0.2, 0.25) is 0 Å². The average Bonchev–Trinajstić information content (AvgIpc) is 2.57. The number of halogens is 2. The zero-order chi connectivity index (χ0) is 10.1. The minimum Gasteiger partial charge on any atom is -0.210 e. The largest absolute Gasteiger partial charge is 0.210 e. The number of nitrogens with zero attached hydrogens (tertiary/aromatic N) is 2. The van der Waals surface area contributed by atoms with Crippen LogP contribution in [0.25, 0.3) is 10.6 Å². The lowest BCUT2D eigenvalue weighted by atomic mass is 10.1. The van der Waals surface area contributed by atoms with Crippen molar-refractivity contribution in [3.05, 3.63) is 33.4 Å². The molecule has 0 radical (unpaired) electrons. The Balaban J connectivity index is 2.47. The van der Waals surface area contributed by atoms with Crippen molar-refractivity contribution < 1.29 is 4.39 Å². The van der Waals surface area contributed by atoms with Gasteiger partial charge in [-0.2, -0.15) is 4.37 Å². The van der Waals surface area contributed by atoms with Crippen molar-refractivity contribution >= 4 is 34.1 Å². The maximum Gasteiger partial charge on any atom is 0.203 e. The smallest absolute Gasteiger partial charge is 0.203 e. The van der Waals surface area contributed by atoms with E-state index >= 15 is 0 Å². The van der Waals surface area contributed by atoms with Gasteiger partial charge in [-0.05, 0) is 30.1 Å². The molecule has 2 rings (SSSR count). The number of hydrogen-bond donors (Lipinski definition) is 0. The van der Waals surface area contributed by atoms with E-state index in [1.54, 1.807) is 13.0 Å². The van der Waals surface area contributed by atoms with Gasteiger partial charge in [-0.15, -0.1) is 0 Å². The summed E-state index contributed by atoms with van der Waals surface area (Å²) in [6.07, 6.45) is 0. The summed E-state index contributed by atoms with van der Waals surface area (Å²) >= 11 is 3.32. The van der Waals surface area contributed by atoms with Gasteiger partial charge in [0.1, 0.15) is 10.8 Å². The maximum absolute atomic E-state index is 13.2. The Bertz CT molecular complexity index is 470. The molecule has 2 aromatic rings. The summed E-state index contributed by atoms with van der Waals surface area (Å²) in [6, 6.07) is 5.10. The highest BCUT2D eigenvalue weighted by molar-refractivity contribution is 14.1. The average molecular weight is 320 g/mol. The molecule has 0 amide bonds. The molecular formula is C9H6FIN2S. The maximum atomic E-state index is 13.2. The molecule has 1 aromatic carbocycles. The Kier molecular flexibility index (Phi) is 2.78. The van der Waals surface area contributed by atoms with E-state index in [0.717, 1.165) is 10.6 Å². The highest BCUT2D eigenvalue weighted by Gasteiger charge is 2.06. The van der Waals surface area contributed by atoms with Crippen LogP contribution in [0.4, 0.5) is 4.39 Å². The van der Waals surface area contributed by atoms with Crippen LogP contribution >= 0.6 is 34.1 Å². The number of aromatic nitrogens is 2. The van der Waals surface area contributed by atoms with Gasteiger partial charge in [-0.25, -0.2) is 9.37 Å². The van der Waals surface area contributed by atoms with E-state index in [0.29, 0.717) is 9.39 Å². The molecule has 5 heteroatoms. The van der Waals surface area contributed by atoms with Crippen molar-refractivity contribution in [2.24, 2.45) is 0 Å². The highest BCUT2D eigenvalue weighted by Crippen LogP contribution is 2.23. The summed E-state index contributed by atoms with van der Waals surface area (Å²) in [4.78, 5) is 4.18. The molecule has 0 spiro atoms. The number of aryl methyl sites for hydroxylation is 1. The topological polar surface area (TPSA) is 25.8 Å². The van der Waals surface area contributed by atoms with E-state index in [1.807, 2.05) is 28.7 Å². The summed E-state index contributed by atoms with van der Waals surface area (Å²) in [5.41, 5.74) is 1.43. The lowest BCUT2D eigenvalue weighted by Gasteiger charge is -1.98. The van der Waals surface area contributed by atoms with Crippen molar-refractivity contribution in [3.8, 4) is 10.6 Å². The molecule has 1 heterocycles. The SMILES string of the molecule is Cc1ccc(-c2nc(I)ns2)cc1F. The first-order valence-electron chi connectivity index (χ1n) is 3.92. The van der Waals surface area contributed by atoms with Crippen LogP contribution in [0.1, 0.15) is 5.56 Å². The third-order valence-corrected chi connectivity index (χ3v) is 3.39. The molecule has 0 fully saturated rings. The van der Waals surface area contributed by atoms with Crippen molar-refractivity contribution in [1.82, 2.24) is 9.36 Å². The summed E-state index contributed by atoms with van der Waals surface area (Å²) in [6.45, 7) is 1.74. The van der Waals surface area contributed by atoms with E-state index in [9.17, 15) is 4.39 Å². The van der Waals surface area contributed by atoms with Gasteiger partial charge in [0.25, 0.3) is 0 Å². The third kappa shape index (κ3) is 1.93. The van der Waals surface area contributed by atoms with Gasteiger partial charge < -0.3 is 0 Å². The van der Waals surface area contributed by atoms with Gasteiger partial charge in [0.15, 0.2) is 0 Å². The molecule has 0 bridgehead atoms. The molecule has 0 N–H and O–H groups in total. The Hall–Kier alpha value is -0.560. The van der Waals surface area contributed by atoms with Gasteiger partial charge in [0.05, 0.1) is 0 Å². The predicted molar refractivity (Wildman–Crippen MR) is 62.8 cm³/mol.